The summed E-state index contributed by atoms with van der Waals surface area (Å²) >= 11 is 0. The molecule has 1 aromatic heterocycles. The molecular formula is C30H31N5O4. The molecule has 1 unspecified atom stereocenters. The van der Waals surface area contributed by atoms with Crippen LogP contribution in [0.25, 0.3) is 5.76 Å². The number of rotatable bonds is 4. The average Bonchev–Trinajstić information content (AvgIpc) is 3.23. The van der Waals surface area contributed by atoms with E-state index in [-0.39, 0.29) is 11.3 Å². The van der Waals surface area contributed by atoms with E-state index in [2.05, 4.69) is 21.8 Å². The van der Waals surface area contributed by atoms with Crippen LogP contribution < -0.4 is 19.4 Å². The quantitative estimate of drug-likeness (QED) is 0.315. The van der Waals surface area contributed by atoms with Gasteiger partial charge in [-0.3, -0.25) is 19.5 Å². The second kappa shape index (κ2) is 10.1. The number of aliphatic hydroxyl groups excluding tert-OH is 1. The lowest BCUT2D eigenvalue weighted by Gasteiger charge is -2.34. The number of anilines is 3. The van der Waals surface area contributed by atoms with Gasteiger partial charge in [0.25, 0.3) is 11.7 Å². The highest BCUT2D eigenvalue weighted by atomic mass is 16.5. The molecule has 1 atom stereocenters. The van der Waals surface area contributed by atoms with Gasteiger partial charge in [0.1, 0.15) is 18.1 Å². The number of Topliss-reactive ketones (excluding diaryl/α,β-unsaturated/α-hetero) is 1. The third kappa shape index (κ3) is 4.48. The van der Waals surface area contributed by atoms with Gasteiger partial charge in [0.05, 0.1) is 23.8 Å². The summed E-state index contributed by atoms with van der Waals surface area (Å²) in [6.45, 7) is 5.13. The van der Waals surface area contributed by atoms with Crippen LogP contribution in [0.3, 0.4) is 0 Å². The monoisotopic (exact) mass is 525 g/mol. The molecule has 1 N–H and O–H groups in total. The Kier molecular flexibility index (Phi) is 6.44. The van der Waals surface area contributed by atoms with E-state index in [1.165, 1.54) is 4.90 Å². The number of fused-ring (bicyclic) bond motifs is 1. The van der Waals surface area contributed by atoms with Crippen LogP contribution in [-0.2, 0) is 9.59 Å². The fourth-order valence-corrected chi connectivity index (χ4v) is 5.50. The van der Waals surface area contributed by atoms with Gasteiger partial charge in [0, 0.05) is 62.6 Å². The number of ketones is 1. The summed E-state index contributed by atoms with van der Waals surface area (Å²) in [6, 6.07) is 15.8. The zero-order valence-corrected chi connectivity index (χ0v) is 22.1. The van der Waals surface area contributed by atoms with E-state index in [9.17, 15) is 14.7 Å². The minimum atomic E-state index is -0.799. The number of pyridine rings is 1. The molecule has 1 amide bonds. The van der Waals surface area contributed by atoms with E-state index in [1.54, 1.807) is 42.7 Å². The van der Waals surface area contributed by atoms with Gasteiger partial charge in [-0.05, 0) is 67.2 Å². The fraction of sp³-hybridized carbons (Fsp3) is 0.300. The lowest BCUT2D eigenvalue weighted by Crippen LogP contribution is -2.44. The Bertz CT molecular complexity index is 1430. The molecule has 0 spiro atoms. The molecule has 2 aromatic carbocycles. The molecule has 6 rings (SSSR count). The summed E-state index contributed by atoms with van der Waals surface area (Å²) in [5.41, 5.74) is 3.67. The highest BCUT2D eigenvalue weighted by Crippen LogP contribution is 2.43. The van der Waals surface area contributed by atoms with E-state index in [0.717, 1.165) is 37.6 Å². The molecule has 0 aliphatic carbocycles. The summed E-state index contributed by atoms with van der Waals surface area (Å²) in [5.74, 6) is -0.899. The highest BCUT2D eigenvalue weighted by molar-refractivity contribution is 6.51. The number of benzene rings is 2. The number of aliphatic hydroxyl groups is 1. The molecule has 2 saturated heterocycles. The van der Waals surface area contributed by atoms with Crippen molar-refractivity contribution in [3.8, 4) is 5.75 Å². The molecule has 0 saturated carbocycles. The SMILES string of the molecule is CN1CCN(c2ccc(N3C(=O)C(=O)/C(=C(\O)c4ccc5c(c4)N(C)CCO5)C3c3ccncc3)cc2)CC1. The van der Waals surface area contributed by atoms with E-state index >= 15 is 0 Å². The average molecular weight is 526 g/mol. The van der Waals surface area contributed by atoms with Crippen molar-refractivity contribution >= 4 is 34.5 Å². The Morgan fingerprint density at radius 3 is 2.31 bits per heavy atom. The third-order valence-corrected chi connectivity index (χ3v) is 7.79. The van der Waals surface area contributed by atoms with Crippen LogP contribution in [-0.4, -0.2) is 80.1 Å². The molecule has 0 radical (unpaired) electrons. The second-order valence-electron chi connectivity index (χ2n) is 10.2. The van der Waals surface area contributed by atoms with Crippen molar-refractivity contribution in [3.05, 3.63) is 83.7 Å². The summed E-state index contributed by atoms with van der Waals surface area (Å²) in [6.07, 6.45) is 3.24. The van der Waals surface area contributed by atoms with Crippen LogP contribution in [0.5, 0.6) is 5.75 Å². The Morgan fingerprint density at radius 2 is 1.59 bits per heavy atom. The molecule has 3 aromatic rings. The second-order valence-corrected chi connectivity index (χ2v) is 10.2. The van der Waals surface area contributed by atoms with E-state index in [0.29, 0.717) is 35.7 Å². The minimum absolute atomic E-state index is 0.0497. The summed E-state index contributed by atoms with van der Waals surface area (Å²) in [4.78, 5) is 39.3. The number of aromatic nitrogens is 1. The van der Waals surface area contributed by atoms with Crippen molar-refractivity contribution in [2.75, 3.05) is 68.1 Å². The number of nitrogens with zero attached hydrogens (tertiary/aromatic N) is 5. The smallest absolute Gasteiger partial charge is 0.300 e. The molecule has 3 aliphatic rings. The van der Waals surface area contributed by atoms with Crippen molar-refractivity contribution in [3.63, 3.8) is 0 Å². The molecule has 3 aliphatic heterocycles. The standard InChI is InChI=1S/C30H31N5O4/c1-32-13-15-34(16-14-32)22-4-6-23(7-5-22)35-27(20-9-11-31-12-10-20)26(29(37)30(35)38)28(36)21-3-8-25-24(19-21)33(2)17-18-39-25/h3-12,19,27,36H,13-18H2,1-2H3/b28-26-. The van der Waals surface area contributed by atoms with E-state index < -0.39 is 17.7 Å². The fourth-order valence-electron chi connectivity index (χ4n) is 5.50. The zero-order valence-electron chi connectivity index (χ0n) is 22.1. The van der Waals surface area contributed by atoms with Gasteiger partial charge in [0.15, 0.2) is 0 Å². The lowest BCUT2D eigenvalue weighted by atomic mass is 9.95. The zero-order chi connectivity index (χ0) is 27.1. The van der Waals surface area contributed by atoms with Crippen LogP contribution in [0.2, 0.25) is 0 Å². The molecule has 0 bridgehead atoms. The van der Waals surface area contributed by atoms with Crippen molar-refractivity contribution in [1.82, 2.24) is 9.88 Å². The molecule has 9 heteroatoms. The maximum atomic E-state index is 13.5. The van der Waals surface area contributed by atoms with E-state index in [4.69, 9.17) is 4.74 Å². The number of carbonyl (C=O) groups excluding carboxylic acids is 2. The maximum absolute atomic E-state index is 13.5. The first-order valence-electron chi connectivity index (χ1n) is 13.2. The number of hydrogen-bond donors (Lipinski definition) is 1. The molecule has 2 fully saturated rings. The number of likely N-dealkylation sites (N-methyl/N-ethyl adjacent to an activating group) is 2. The van der Waals surface area contributed by atoms with Gasteiger partial charge in [0.2, 0.25) is 0 Å². The van der Waals surface area contributed by atoms with E-state index in [1.807, 2.05) is 36.2 Å². The highest BCUT2D eigenvalue weighted by Gasteiger charge is 2.47. The molecule has 200 valence electrons. The molecule has 9 nitrogen and oxygen atoms in total. The van der Waals surface area contributed by atoms with Crippen molar-refractivity contribution in [2.45, 2.75) is 6.04 Å². The lowest BCUT2D eigenvalue weighted by molar-refractivity contribution is -0.132. The van der Waals surface area contributed by atoms with Crippen molar-refractivity contribution < 1.29 is 19.4 Å². The number of ether oxygens (including phenoxy) is 1. The molecule has 39 heavy (non-hydrogen) atoms. The van der Waals surface area contributed by atoms with Gasteiger partial charge >= 0.3 is 0 Å². The topological polar surface area (TPSA) is 89.5 Å². The Balaban J connectivity index is 1.41. The van der Waals surface area contributed by atoms with Crippen LogP contribution in [0.4, 0.5) is 17.1 Å². The van der Waals surface area contributed by atoms with Crippen LogP contribution >= 0.6 is 0 Å². The minimum Gasteiger partial charge on any atom is -0.507 e. The Hall–Kier alpha value is -4.37. The summed E-state index contributed by atoms with van der Waals surface area (Å²) in [5, 5.41) is 11.5. The van der Waals surface area contributed by atoms with Gasteiger partial charge < -0.3 is 24.5 Å². The van der Waals surface area contributed by atoms with Gasteiger partial charge in [-0.25, -0.2) is 0 Å². The van der Waals surface area contributed by atoms with Crippen LogP contribution in [0.1, 0.15) is 17.2 Å². The van der Waals surface area contributed by atoms with Crippen LogP contribution in [0.15, 0.2) is 72.6 Å². The summed E-state index contributed by atoms with van der Waals surface area (Å²) < 4.78 is 5.73. The first-order valence-corrected chi connectivity index (χ1v) is 13.2. The van der Waals surface area contributed by atoms with Crippen LogP contribution in [0, 0.1) is 0 Å². The van der Waals surface area contributed by atoms with Crippen molar-refractivity contribution in [2.24, 2.45) is 0 Å². The number of hydrogen-bond acceptors (Lipinski definition) is 8. The predicted octanol–water partition coefficient (Wildman–Crippen LogP) is 3.29. The third-order valence-electron chi connectivity index (χ3n) is 7.79. The van der Waals surface area contributed by atoms with Gasteiger partial charge in [-0.2, -0.15) is 0 Å². The number of amides is 1. The maximum Gasteiger partial charge on any atom is 0.300 e. The van der Waals surface area contributed by atoms with Crippen molar-refractivity contribution in [1.29, 1.82) is 0 Å². The van der Waals surface area contributed by atoms with Gasteiger partial charge in [-0.15, -0.1) is 0 Å². The summed E-state index contributed by atoms with van der Waals surface area (Å²) in [7, 11) is 4.07. The normalized spacial score (nSPS) is 21.2. The first-order chi connectivity index (χ1) is 18.9. The Labute approximate surface area is 227 Å². The predicted molar refractivity (Wildman–Crippen MR) is 150 cm³/mol. The van der Waals surface area contributed by atoms with Gasteiger partial charge in [-0.1, -0.05) is 0 Å². The molecule has 4 heterocycles. The Morgan fingerprint density at radius 1 is 0.897 bits per heavy atom. The largest absolute Gasteiger partial charge is 0.507 e. The number of carbonyl (C=O) groups is 2. The molecular weight excluding hydrogens is 494 g/mol. The number of piperazine rings is 1. The first kappa shape index (κ1) is 24.9.